The molecule has 2 atom stereocenters. The van der Waals surface area contributed by atoms with Gasteiger partial charge < -0.3 is 20.1 Å². The fraction of sp³-hybridized carbons (Fsp3) is 0.438. The summed E-state index contributed by atoms with van der Waals surface area (Å²) in [6.07, 6.45) is 6.90. The van der Waals surface area contributed by atoms with E-state index in [1.807, 2.05) is 18.2 Å². The highest BCUT2D eigenvalue weighted by atomic mass is 19.2. The molecule has 7 nitrogen and oxygen atoms in total. The zero-order valence-electron chi connectivity index (χ0n) is 22.9. The summed E-state index contributed by atoms with van der Waals surface area (Å²) in [7, 11) is 0. The minimum Gasteiger partial charge on any atom is -0.508 e. The maximum absolute atomic E-state index is 15.1. The smallest absolute Gasteiger partial charge is 0.319 e. The van der Waals surface area contributed by atoms with Gasteiger partial charge in [-0.2, -0.15) is 9.97 Å². The Morgan fingerprint density at radius 2 is 1.88 bits per heavy atom. The quantitative estimate of drug-likeness (QED) is 0.341. The Kier molecular flexibility index (Phi) is 5.83. The fourth-order valence-corrected chi connectivity index (χ4v) is 7.78. The van der Waals surface area contributed by atoms with Gasteiger partial charge in [0.1, 0.15) is 18.2 Å². The molecule has 1 unspecified atom stereocenters. The van der Waals surface area contributed by atoms with Gasteiger partial charge in [0.15, 0.2) is 11.6 Å². The van der Waals surface area contributed by atoms with Gasteiger partial charge in [-0.3, -0.25) is 4.90 Å². The predicted molar refractivity (Wildman–Crippen MR) is 154 cm³/mol. The third-order valence-corrected chi connectivity index (χ3v) is 9.86. The lowest BCUT2D eigenvalue weighted by Gasteiger charge is -2.46. The number of nitrogens with one attached hydrogen (secondary N) is 1. The molecule has 5 saturated heterocycles. The average Bonchev–Trinajstić information content (AvgIpc) is 3.58. The highest BCUT2D eigenvalue weighted by molar-refractivity contribution is 6.01. The zero-order chi connectivity index (χ0) is 27.7. The lowest BCUT2D eigenvalue weighted by molar-refractivity contribution is 0.108. The minimum atomic E-state index is -0.932. The van der Waals surface area contributed by atoms with Gasteiger partial charge in [0.05, 0.1) is 11.1 Å². The van der Waals surface area contributed by atoms with Crippen molar-refractivity contribution in [3.63, 3.8) is 0 Å². The van der Waals surface area contributed by atoms with Gasteiger partial charge in [-0.25, -0.2) is 8.78 Å². The summed E-state index contributed by atoms with van der Waals surface area (Å²) < 4.78 is 35.8. The van der Waals surface area contributed by atoms with E-state index in [1.165, 1.54) is 31.0 Å². The van der Waals surface area contributed by atoms with Crippen LogP contribution >= 0.6 is 0 Å². The van der Waals surface area contributed by atoms with E-state index in [1.54, 1.807) is 0 Å². The number of piperidine rings is 2. The van der Waals surface area contributed by atoms with Crippen LogP contribution in [0.15, 0.2) is 42.5 Å². The number of aromatic nitrogens is 2. The summed E-state index contributed by atoms with van der Waals surface area (Å²) in [5, 5.41) is 15.5. The van der Waals surface area contributed by atoms with Crippen LogP contribution in [0.5, 0.6) is 11.8 Å². The molecule has 5 fully saturated rings. The van der Waals surface area contributed by atoms with Crippen molar-refractivity contribution in [3.05, 3.63) is 54.1 Å². The first-order valence-corrected chi connectivity index (χ1v) is 14.8. The highest BCUT2D eigenvalue weighted by Gasteiger charge is 2.45. The minimum absolute atomic E-state index is 0.0141. The molecule has 3 aromatic carbocycles. The SMILES string of the molecule is Oc1cc(-c2ccc3c(N4C[C@@H]5CCC4CN5)nc(OCC45CCCN4CCC5)nc3c2)c2c(F)c(F)ccc2c1. The van der Waals surface area contributed by atoms with Gasteiger partial charge >= 0.3 is 6.01 Å². The second-order valence-electron chi connectivity index (χ2n) is 12.2. The molecule has 212 valence electrons. The Balaban J connectivity index is 1.25. The third kappa shape index (κ3) is 4.12. The Hall–Kier alpha value is -3.56. The van der Waals surface area contributed by atoms with Crippen LogP contribution in [0.1, 0.15) is 38.5 Å². The maximum Gasteiger partial charge on any atom is 0.319 e. The molecule has 9 rings (SSSR count). The Labute approximate surface area is 237 Å². The number of benzene rings is 3. The van der Waals surface area contributed by atoms with Crippen molar-refractivity contribution in [1.29, 1.82) is 0 Å². The van der Waals surface area contributed by atoms with Gasteiger partial charge in [0, 0.05) is 35.9 Å². The Morgan fingerprint density at radius 1 is 1.02 bits per heavy atom. The molecule has 4 aromatic rings. The van der Waals surface area contributed by atoms with Gasteiger partial charge in [-0.05, 0) is 98.5 Å². The number of nitrogens with zero attached hydrogens (tertiary/aromatic N) is 4. The summed E-state index contributed by atoms with van der Waals surface area (Å²) in [4.78, 5) is 14.8. The molecule has 1 aromatic heterocycles. The van der Waals surface area contributed by atoms with E-state index < -0.39 is 11.6 Å². The van der Waals surface area contributed by atoms with Crippen molar-refractivity contribution in [2.45, 2.75) is 56.1 Å². The molecular weight excluding hydrogens is 524 g/mol. The first kappa shape index (κ1) is 25.2. The van der Waals surface area contributed by atoms with Gasteiger partial charge in [0.2, 0.25) is 0 Å². The number of ether oxygens (including phenoxy) is 1. The van der Waals surface area contributed by atoms with Crippen molar-refractivity contribution in [2.24, 2.45) is 0 Å². The van der Waals surface area contributed by atoms with E-state index in [4.69, 9.17) is 14.7 Å². The van der Waals surface area contributed by atoms with E-state index in [9.17, 15) is 9.50 Å². The summed E-state index contributed by atoms with van der Waals surface area (Å²) in [6.45, 7) is 4.60. The first-order chi connectivity index (χ1) is 20.0. The normalized spacial score (nSPS) is 23.5. The molecule has 5 aliphatic heterocycles. The summed E-state index contributed by atoms with van der Waals surface area (Å²) in [5.74, 6) is -1.01. The van der Waals surface area contributed by atoms with Crippen LogP contribution in [0.3, 0.4) is 0 Å². The lowest BCUT2D eigenvalue weighted by Crippen LogP contribution is -2.61. The second kappa shape index (κ2) is 9.49. The zero-order valence-corrected chi connectivity index (χ0v) is 22.9. The molecule has 41 heavy (non-hydrogen) atoms. The molecule has 0 saturated carbocycles. The monoisotopic (exact) mass is 557 g/mol. The molecule has 2 bridgehead atoms. The number of rotatable bonds is 5. The molecule has 6 heterocycles. The van der Waals surface area contributed by atoms with Crippen LogP contribution < -0.4 is 15.0 Å². The van der Waals surface area contributed by atoms with Crippen molar-refractivity contribution in [1.82, 2.24) is 20.2 Å². The molecular formula is C32H33F2N5O2. The van der Waals surface area contributed by atoms with Crippen LogP contribution in [-0.4, -0.2) is 70.4 Å². The molecule has 2 N–H and O–H groups in total. The second-order valence-corrected chi connectivity index (χ2v) is 12.2. The predicted octanol–water partition coefficient (Wildman–Crippen LogP) is 5.38. The number of piperazine rings is 1. The van der Waals surface area contributed by atoms with Gasteiger partial charge in [0.25, 0.3) is 0 Å². The van der Waals surface area contributed by atoms with E-state index >= 15 is 4.39 Å². The first-order valence-electron chi connectivity index (χ1n) is 14.8. The van der Waals surface area contributed by atoms with E-state index in [0.717, 1.165) is 69.1 Å². The number of halogens is 2. The topological polar surface area (TPSA) is 73.8 Å². The van der Waals surface area contributed by atoms with Gasteiger partial charge in [-0.1, -0.05) is 12.1 Å². The van der Waals surface area contributed by atoms with Crippen LogP contribution in [0.2, 0.25) is 0 Å². The van der Waals surface area contributed by atoms with Crippen molar-refractivity contribution in [3.8, 4) is 22.9 Å². The molecule has 0 amide bonds. The fourth-order valence-electron chi connectivity index (χ4n) is 7.78. The molecule has 0 aliphatic carbocycles. The van der Waals surface area contributed by atoms with Crippen molar-refractivity contribution < 1.29 is 18.6 Å². The number of phenolic OH excluding ortho intramolecular Hbond substituents is 1. The lowest BCUT2D eigenvalue weighted by atomic mass is 9.92. The van der Waals surface area contributed by atoms with Crippen LogP contribution in [0, 0.1) is 11.6 Å². The van der Waals surface area contributed by atoms with Crippen LogP contribution in [0.25, 0.3) is 32.8 Å². The summed E-state index contributed by atoms with van der Waals surface area (Å²) in [5.41, 5.74) is 1.79. The Bertz CT molecular complexity index is 1660. The largest absolute Gasteiger partial charge is 0.508 e. The summed E-state index contributed by atoms with van der Waals surface area (Å²) in [6, 6.07) is 12.3. The standard InChI is InChI=1S/C32H33F2N5O2/c33-26-8-4-20-13-23(40)15-25(28(20)29(26)34)19-3-7-24-27(14-19)36-31(41-18-32-9-1-11-38(32)12-2-10-32)37-30(24)39-17-21-5-6-22(39)16-35-21/h3-4,7-8,13-15,21-22,35,40H,1-2,5-6,9-12,16-18H2/t21-,22?/m0/s1. The number of phenols is 1. The highest BCUT2D eigenvalue weighted by Crippen LogP contribution is 2.41. The third-order valence-electron chi connectivity index (χ3n) is 9.86. The van der Waals surface area contributed by atoms with Crippen molar-refractivity contribution >= 4 is 27.5 Å². The molecule has 0 spiro atoms. The summed E-state index contributed by atoms with van der Waals surface area (Å²) >= 11 is 0. The number of anilines is 1. The molecule has 5 aliphatic rings. The van der Waals surface area contributed by atoms with Crippen LogP contribution in [0.4, 0.5) is 14.6 Å². The van der Waals surface area contributed by atoms with Crippen LogP contribution in [-0.2, 0) is 0 Å². The molecule has 9 heteroatoms. The van der Waals surface area contributed by atoms with E-state index in [2.05, 4.69) is 15.1 Å². The van der Waals surface area contributed by atoms with E-state index in [0.29, 0.717) is 46.7 Å². The number of fused-ring (bicyclic) bond motifs is 6. The molecule has 0 radical (unpaired) electrons. The average molecular weight is 558 g/mol. The van der Waals surface area contributed by atoms with Crippen molar-refractivity contribution in [2.75, 3.05) is 37.7 Å². The number of hydrogen-bond acceptors (Lipinski definition) is 7. The Morgan fingerprint density at radius 3 is 2.63 bits per heavy atom. The number of aromatic hydroxyl groups is 1. The van der Waals surface area contributed by atoms with Gasteiger partial charge in [-0.15, -0.1) is 0 Å². The maximum atomic E-state index is 15.1. The van der Waals surface area contributed by atoms with E-state index in [-0.39, 0.29) is 16.7 Å². The number of hydrogen-bond donors (Lipinski definition) is 2.